The number of nitrogens with two attached hydrogens (primary N) is 1. The highest BCUT2D eigenvalue weighted by Crippen LogP contribution is 2.36. The fraction of sp³-hybridized carbons (Fsp3) is 1.00. The molecule has 3 N–H and O–H groups in total. The normalized spacial score (nSPS) is 28.4. The molecule has 0 aromatic carbocycles. The van der Waals surface area contributed by atoms with Gasteiger partial charge in [-0.3, -0.25) is 11.3 Å². The van der Waals surface area contributed by atoms with Gasteiger partial charge in [-0.15, -0.1) is 0 Å². The highest BCUT2D eigenvalue weighted by molar-refractivity contribution is 4.95. The number of hydrazine groups is 1. The van der Waals surface area contributed by atoms with Crippen LogP contribution in [0.4, 0.5) is 0 Å². The van der Waals surface area contributed by atoms with E-state index in [1.54, 1.807) is 0 Å². The van der Waals surface area contributed by atoms with Gasteiger partial charge in [-0.25, -0.2) is 0 Å². The molecule has 1 saturated heterocycles. The van der Waals surface area contributed by atoms with E-state index in [1.165, 1.54) is 32.1 Å². The molecule has 2 aliphatic rings. The molecule has 0 aromatic rings. The predicted molar refractivity (Wildman–Crippen MR) is 76.8 cm³/mol. The quantitative estimate of drug-likeness (QED) is 0.551. The zero-order chi connectivity index (χ0) is 13.6. The molecule has 1 saturated carbocycles. The summed E-state index contributed by atoms with van der Waals surface area (Å²) in [6.07, 6.45) is 11.2. The van der Waals surface area contributed by atoms with Crippen molar-refractivity contribution in [3.8, 4) is 0 Å². The Balaban J connectivity index is 1.91. The monoisotopic (exact) mass is 270 g/mol. The zero-order valence-corrected chi connectivity index (χ0v) is 12.3. The maximum atomic E-state index is 6.16. The van der Waals surface area contributed by atoms with Gasteiger partial charge in [0.2, 0.25) is 0 Å². The average molecular weight is 270 g/mol. The molecule has 0 aromatic heterocycles. The lowest BCUT2D eigenvalue weighted by atomic mass is 9.77. The Kier molecular flexibility index (Phi) is 6.07. The van der Waals surface area contributed by atoms with Crippen LogP contribution >= 0.6 is 0 Å². The number of ether oxygens (including phenoxy) is 2. The van der Waals surface area contributed by atoms with Gasteiger partial charge >= 0.3 is 0 Å². The van der Waals surface area contributed by atoms with Gasteiger partial charge < -0.3 is 9.47 Å². The zero-order valence-electron chi connectivity index (χ0n) is 12.3. The number of hydrogen-bond donors (Lipinski definition) is 2. The minimum Gasteiger partial charge on any atom is -0.378 e. The Labute approximate surface area is 117 Å². The van der Waals surface area contributed by atoms with Gasteiger partial charge in [0, 0.05) is 13.2 Å². The number of nitrogens with one attached hydrogen (secondary N) is 1. The first-order valence-corrected chi connectivity index (χ1v) is 8.02. The summed E-state index contributed by atoms with van der Waals surface area (Å²) in [5.74, 6) is 5.83. The van der Waals surface area contributed by atoms with Crippen LogP contribution in [-0.2, 0) is 9.47 Å². The van der Waals surface area contributed by atoms with E-state index < -0.39 is 0 Å². The Morgan fingerprint density at radius 3 is 2.68 bits per heavy atom. The van der Waals surface area contributed by atoms with Gasteiger partial charge in [-0.05, 0) is 45.4 Å². The maximum Gasteiger partial charge on any atom is 0.0848 e. The van der Waals surface area contributed by atoms with Crippen LogP contribution in [0.15, 0.2) is 0 Å². The Morgan fingerprint density at radius 1 is 1.32 bits per heavy atom. The predicted octanol–water partition coefficient (Wildman–Crippen LogP) is 2.52. The fourth-order valence-electron chi connectivity index (χ4n) is 3.75. The first-order chi connectivity index (χ1) is 9.30. The Hall–Kier alpha value is -0.160. The van der Waals surface area contributed by atoms with Crippen molar-refractivity contribution in [1.82, 2.24) is 5.43 Å². The summed E-state index contributed by atoms with van der Waals surface area (Å²) in [4.78, 5) is 0. The third-order valence-corrected chi connectivity index (χ3v) is 4.77. The van der Waals surface area contributed by atoms with Crippen molar-refractivity contribution in [2.75, 3.05) is 13.2 Å². The summed E-state index contributed by atoms with van der Waals surface area (Å²) in [7, 11) is 0. The Morgan fingerprint density at radius 2 is 2.11 bits per heavy atom. The second kappa shape index (κ2) is 7.58. The van der Waals surface area contributed by atoms with E-state index in [0.717, 1.165) is 38.9 Å². The van der Waals surface area contributed by atoms with E-state index in [4.69, 9.17) is 15.3 Å². The molecular weight excluding hydrogens is 240 g/mol. The van der Waals surface area contributed by atoms with Gasteiger partial charge in [0.15, 0.2) is 0 Å². The average Bonchev–Trinajstić information content (AvgIpc) is 2.94. The first kappa shape index (κ1) is 15.2. The van der Waals surface area contributed by atoms with Crippen molar-refractivity contribution in [3.63, 3.8) is 0 Å². The highest BCUT2D eigenvalue weighted by atomic mass is 16.5. The smallest absolute Gasteiger partial charge is 0.0848 e. The largest absolute Gasteiger partial charge is 0.378 e. The first-order valence-electron chi connectivity index (χ1n) is 8.02. The van der Waals surface area contributed by atoms with Crippen LogP contribution in [0, 0.1) is 0 Å². The standard InChI is InChI=1S/C15H30N2O2/c1-2-19-15(10-4-3-5-11-15)14(17-16)9-8-13-7-6-12-18-13/h13-14,17H,2-12,16H2,1H3. The molecule has 2 atom stereocenters. The van der Waals surface area contributed by atoms with Crippen LogP contribution < -0.4 is 11.3 Å². The minimum atomic E-state index is -0.0413. The molecule has 0 amide bonds. The molecule has 112 valence electrons. The summed E-state index contributed by atoms with van der Waals surface area (Å²) in [5.41, 5.74) is 3.00. The maximum absolute atomic E-state index is 6.16. The second-order valence-corrected chi connectivity index (χ2v) is 5.99. The SMILES string of the molecule is CCOC1(C(CCC2CCCO2)NN)CCCCC1. The molecule has 0 radical (unpaired) electrons. The molecule has 1 heterocycles. The fourth-order valence-corrected chi connectivity index (χ4v) is 3.75. The van der Waals surface area contributed by atoms with Crippen LogP contribution in [0.1, 0.15) is 64.7 Å². The minimum absolute atomic E-state index is 0.0413. The lowest BCUT2D eigenvalue weighted by molar-refractivity contribution is -0.0934. The molecule has 2 fully saturated rings. The van der Waals surface area contributed by atoms with E-state index in [-0.39, 0.29) is 11.6 Å². The molecule has 4 heteroatoms. The lowest BCUT2D eigenvalue weighted by Crippen LogP contribution is -2.56. The van der Waals surface area contributed by atoms with Crippen molar-refractivity contribution < 1.29 is 9.47 Å². The van der Waals surface area contributed by atoms with Gasteiger partial charge in [-0.2, -0.15) is 0 Å². The molecular formula is C15H30N2O2. The van der Waals surface area contributed by atoms with E-state index >= 15 is 0 Å². The molecule has 19 heavy (non-hydrogen) atoms. The van der Waals surface area contributed by atoms with Gasteiger partial charge in [0.1, 0.15) is 0 Å². The van der Waals surface area contributed by atoms with Crippen molar-refractivity contribution in [1.29, 1.82) is 0 Å². The second-order valence-electron chi connectivity index (χ2n) is 5.99. The summed E-state index contributed by atoms with van der Waals surface area (Å²) >= 11 is 0. The molecule has 0 spiro atoms. The van der Waals surface area contributed by atoms with E-state index in [9.17, 15) is 0 Å². The van der Waals surface area contributed by atoms with E-state index in [1.807, 2.05) is 0 Å². The summed E-state index contributed by atoms with van der Waals surface area (Å²) in [6, 6.07) is 0.261. The van der Waals surface area contributed by atoms with Crippen molar-refractivity contribution >= 4 is 0 Å². The van der Waals surface area contributed by atoms with Gasteiger partial charge in [-0.1, -0.05) is 19.3 Å². The van der Waals surface area contributed by atoms with E-state index in [0.29, 0.717) is 6.10 Å². The van der Waals surface area contributed by atoms with Crippen molar-refractivity contribution in [2.24, 2.45) is 5.84 Å². The van der Waals surface area contributed by atoms with Crippen molar-refractivity contribution in [2.45, 2.75) is 82.5 Å². The van der Waals surface area contributed by atoms with Gasteiger partial charge in [0.05, 0.1) is 17.7 Å². The van der Waals surface area contributed by atoms with Crippen LogP contribution in [0.2, 0.25) is 0 Å². The van der Waals surface area contributed by atoms with Crippen LogP contribution in [0.3, 0.4) is 0 Å². The highest BCUT2D eigenvalue weighted by Gasteiger charge is 2.40. The van der Waals surface area contributed by atoms with Crippen molar-refractivity contribution in [3.05, 3.63) is 0 Å². The number of rotatable bonds is 7. The molecule has 2 rings (SSSR count). The van der Waals surface area contributed by atoms with Crippen LogP contribution in [-0.4, -0.2) is 31.0 Å². The van der Waals surface area contributed by atoms with Crippen LogP contribution in [0.25, 0.3) is 0 Å². The van der Waals surface area contributed by atoms with Gasteiger partial charge in [0.25, 0.3) is 0 Å². The number of hydrogen-bond acceptors (Lipinski definition) is 4. The summed E-state index contributed by atoms with van der Waals surface area (Å²) in [6.45, 7) is 3.80. The summed E-state index contributed by atoms with van der Waals surface area (Å²) in [5, 5.41) is 0. The molecule has 2 unspecified atom stereocenters. The summed E-state index contributed by atoms with van der Waals surface area (Å²) < 4.78 is 11.9. The molecule has 1 aliphatic carbocycles. The third-order valence-electron chi connectivity index (χ3n) is 4.77. The molecule has 0 bridgehead atoms. The molecule has 1 aliphatic heterocycles. The molecule has 4 nitrogen and oxygen atoms in total. The topological polar surface area (TPSA) is 56.5 Å². The van der Waals surface area contributed by atoms with Crippen LogP contribution in [0.5, 0.6) is 0 Å². The lowest BCUT2D eigenvalue weighted by Gasteiger charge is -2.43. The van der Waals surface area contributed by atoms with E-state index in [2.05, 4.69) is 12.3 Å². The Bertz CT molecular complexity index is 243. The third kappa shape index (κ3) is 3.91.